The zero-order valence-corrected chi connectivity index (χ0v) is 35.8. The summed E-state index contributed by atoms with van der Waals surface area (Å²) in [5.41, 5.74) is -10.3. The summed E-state index contributed by atoms with van der Waals surface area (Å²) < 4.78 is 0.949. The van der Waals surface area contributed by atoms with Gasteiger partial charge in [0, 0.05) is 0 Å². The third-order valence-corrected chi connectivity index (χ3v) is 15.0. The fraction of sp³-hybridized carbons (Fsp3) is 0. The molecule has 3 aromatic heterocycles. The van der Waals surface area contributed by atoms with Crippen molar-refractivity contribution in [2.45, 2.75) is 0 Å². The summed E-state index contributed by atoms with van der Waals surface area (Å²) in [5.74, 6) is 0. The second kappa shape index (κ2) is 13.9. The minimum atomic E-state index is -1.40. The van der Waals surface area contributed by atoms with Crippen molar-refractivity contribution in [2.24, 2.45) is 0 Å². The highest BCUT2D eigenvalue weighted by atomic mass is 35.5. The van der Waals surface area contributed by atoms with E-state index >= 15 is 0 Å². The minimum Gasteiger partial charge on any atom is -0.268 e. The molecule has 7 rings (SSSR count). The Kier molecular flexibility index (Phi) is 10.5. The molecule has 276 valence electrons. The molecule has 3 heterocycles. The Morgan fingerprint density at radius 2 is 0.315 bits per heavy atom. The molecule has 54 heavy (non-hydrogen) atoms. The lowest BCUT2D eigenvalue weighted by molar-refractivity contribution is 0.988. The van der Waals surface area contributed by atoms with Crippen molar-refractivity contribution >= 4 is 206 Å². The van der Waals surface area contributed by atoms with Crippen molar-refractivity contribution in [1.29, 1.82) is 0 Å². The van der Waals surface area contributed by atoms with Gasteiger partial charge in [0.2, 0.25) is 0 Å². The van der Waals surface area contributed by atoms with Crippen LogP contribution in [0.3, 0.4) is 0 Å². The molecule has 0 aliphatic heterocycles. The topological polar surface area (TPSA) is 117 Å². The number of nitrogens with zero attached hydrogens (tertiary/aromatic N) is 3. The third kappa shape index (κ3) is 5.22. The maximum Gasteiger partial charge on any atom is 0.267 e. The number of benzene rings is 4. The first kappa shape index (κ1) is 40.8. The molecule has 0 N–H and O–H groups in total. The summed E-state index contributed by atoms with van der Waals surface area (Å²) in [6.07, 6.45) is 0. The first-order chi connectivity index (χ1) is 25.1. The molecule has 9 nitrogen and oxygen atoms in total. The molecule has 0 atom stereocenters. The molecule has 24 heteroatoms. The van der Waals surface area contributed by atoms with Gasteiger partial charge in [-0.15, -0.1) is 0 Å². The largest absolute Gasteiger partial charge is 0.268 e. The number of aromatic nitrogens is 3. The second-order valence-corrected chi connectivity index (χ2v) is 16.5. The SMILES string of the molecule is O=c1c2c3c(=O)n(-c4c(Cl)c(Cl)c(Cl)c(Cl)c4Cl)c(=O)c3c3c(=O)n(-c4c(Cl)c(Cl)c(Cl)c(Cl)c4Cl)c(=O)c3c2c(=O)n1-c1c(Cl)c(Cl)c(Cl)c(Cl)c1Cl. The van der Waals surface area contributed by atoms with Gasteiger partial charge in [0.15, 0.2) is 0 Å². The van der Waals surface area contributed by atoms with Crippen LogP contribution in [0.25, 0.3) is 49.4 Å². The van der Waals surface area contributed by atoms with Crippen LogP contribution in [-0.2, 0) is 0 Å². The van der Waals surface area contributed by atoms with E-state index in [1.807, 2.05) is 0 Å². The molecule has 0 fully saturated rings. The Labute approximate surface area is 370 Å². The fourth-order valence-electron chi connectivity index (χ4n) is 5.96. The van der Waals surface area contributed by atoms with Crippen molar-refractivity contribution in [3.05, 3.63) is 137 Å². The van der Waals surface area contributed by atoms with Gasteiger partial charge in [-0.05, 0) is 0 Å². The molecule has 7 aromatic rings. The van der Waals surface area contributed by atoms with Gasteiger partial charge in [-0.3, -0.25) is 28.8 Å². The van der Waals surface area contributed by atoms with Gasteiger partial charge in [-0.1, -0.05) is 174 Å². The lowest BCUT2D eigenvalue weighted by Gasteiger charge is -2.12. The molecular formula is C30Cl15N3O6. The summed E-state index contributed by atoms with van der Waals surface area (Å²) in [6.45, 7) is 0. The Bertz CT molecular complexity index is 2740. The van der Waals surface area contributed by atoms with E-state index in [-0.39, 0.29) is 15.1 Å². The smallest absolute Gasteiger partial charge is 0.267 e. The lowest BCUT2D eigenvalue weighted by Crippen LogP contribution is -2.25. The van der Waals surface area contributed by atoms with Crippen LogP contribution in [0.1, 0.15) is 0 Å². The van der Waals surface area contributed by atoms with Crippen molar-refractivity contribution in [3.63, 3.8) is 0 Å². The molecule has 0 radical (unpaired) electrons. The van der Waals surface area contributed by atoms with Crippen LogP contribution in [-0.4, -0.2) is 13.7 Å². The van der Waals surface area contributed by atoms with E-state index in [1.165, 1.54) is 0 Å². The maximum absolute atomic E-state index is 14.5. The summed E-state index contributed by atoms with van der Waals surface area (Å²) in [7, 11) is 0. The van der Waals surface area contributed by atoms with E-state index in [0.29, 0.717) is 13.7 Å². The number of halogens is 15. The Morgan fingerprint density at radius 3 is 0.444 bits per heavy atom. The molecule has 0 saturated heterocycles. The van der Waals surface area contributed by atoms with Gasteiger partial charge >= 0.3 is 0 Å². The van der Waals surface area contributed by atoms with Crippen LogP contribution in [0.4, 0.5) is 0 Å². The van der Waals surface area contributed by atoms with E-state index in [2.05, 4.69) is 0 Å². The first-order valence-corrected chi connectivity index (χ1v) is 19.2. The number of hydrogen-bond donors (Lipinski definition) is 0. The van der Waals surface area contributed by atoms with Crippen LogP contribution < -0.4 is 33.4 Å². The molecule has 0 amide bonds. The maximum atomic E-state index is 14.5. The van der Waals surface area contributed by atoms with E-state index in [0.717, 1.165) is 0 Å². The van der Waals surface area contributed by atoms with Gasteiger partial charge in [0.05, 0.1) is 125 Å². The quantitative estimate of drug-likeness (QED) is 0.129. The molecule has 0 aliphatic rings. The number of hydrogen-bond acceptors (Lipinski definition) is 6. The average Bonchev–Trinajstić information content (AvgIpc) is 3.65. The Morgan fingerprint density at radius 1 is 0.204 bits per heavy atom. The van der Waals surface area contributed by atoms with Gasteiger partial charge in [-0.2, -0.15) is 0 Å². The normalized spacial score (nSPS) is 12.1. The lowest BCUT2D eigenvalue weighted by atomic mass is 10.0. The van der Waals surface area contributed by atoms with E-state index in [4.69, 9.17) is 174 Å². The van der Waals surface area contributed by atoms with Crippen molar-refractivity contribution in [3.8, 4) is 17.1 Å². The molecule has 0 saturated carbocycles. The first-order valence-electron chi connectivity index (χ1n) is 13.6. The molecule has 0 spiro atoms. The zero-order valence-electron chi connectivity index (χ0n) is 24.5. The van der Waals surface area contributed by atoms with Crippen LogP contribution in [0.15, 0.2) is 28.8 Å². The average molecular weight is 1030 g/mol. The summed E-state index contributed by atoms with van der Waals surface area (Å²) >= 11 is 94.4. The fourth-order valence-corrected chi connectivity index (χ4v) is 9.85. The van der Waals surface area contributed by atoms with Crippen molar-refractivity contribution < 1.29 is 0 Å². The number of rotatable bonds is 3. The predicted molar refractivity (Wildman–Crippen MR) is 223 cm³/mol. The van der Waals surface area contributed by atoms with E-state index in [1.54, 1.807) is 0 Å². The second-order valence-electron chi connectivity index (χ2n) is 10.8. The van der Waals surface area contributed by atoms with Crippen LogP contribution in [0.5, 0.6) is 0 Å². The predicted octanol–water partition coefficient (Wildman–Crippen LogP) is 11.8. The van der Waals surface area contributed by atoms with Gasteiger partial charge in [0.1, 0.15) is 0 Å². The van der Waals surface area contributed by atoms with Gasteiger partial charge in [-0.25, -0.2) is 13.7 Å². The number of fused-ring (bicyclic) bond motifs is 6. The summed E-state index contributed by atoms with van der Waals surface area (Å²) in [5, 5.41) is -12.5. The molecule has 0 aliphatic carbocycles. The Hall–Kier alpha value is -1.35. The molecule has 0 unspecified atom stereocenters. The van der Waals surface area contributed by atoms with Crippen LogP contribution in [0, 0.1) is 0 Å². The van der Waals surface area contributed by atoms with E-state index < -0.39 is 143 Å². The van der Waals surface area contributed by atoms with Crippen molar-refractivity contribution in [2.75, 3.05) is 0 Å². The molecule has 0 bridgehead atoms. The highest BCUT2D eigenvalue weighted by Gasteiger charge is 2.36. The van der Waals surface area contributed by atoms with E-state index in [9.17, 15) is 28.8 Å². The summed E-state index contributed by atoms with van der Waals surface area (Å²) in [6, 6.07) is 0. The van der Waals surface area contributed by atoms with Crippen molar-refractivity contribution in [1.82, 2.24) is 13.7 Å². The Balaban J connectivity index is 1.86. The third-order valence-electron chi connectivity index (χ3n) is 8.23. The van der Waals surface area contributed by atoms with Gasteiger partial charge < -0.3 is 0 Å². The highest BCUT2D eigenvalue weighted by molar-refractivity contribution is 6.58. The van der Waals surface area contributed by atoms with Crippen LogP contribution >= 0.6 is 174 Å². The highest BCUT2D eigenvalue weighted by Crippen LogP contribution is 2.48. The molecular weight excluding hydrogens is 1030 g/mol. The monoisotopic (exact) mass is 1020 g/mol. The van der Waals surface area contributed by atoms with Gasteiger partial charge in [0.25, 0.3) is 33.4 Å². The minimum absolute atomic E-state index is 0.316. The van der Waals surface area contributed by atoms with Crippen LogP contribution in [0.2, 0.25) is 75.3 Å². The summed E-state index contributed by atoms with van der Waals surface area (Å²) in [4.78, 5) is 87.1. The molecule has 4 aromatic carbocycles. The standard InChI is InChI=1S/C30Cl15N3O6/c31-7-10(34)16(40)22(17(41)11(7)35)46-25(49)1-2(26(46)50)4-6(30(54)48(29(4)53)24-20(44)14(38)9(33)15(39)21(24)45)5-3(1)27(51)47(28(5)52)23-18(42)12(36)8(32)13(37)19(23)43. The zero-order chi connectivity index (χ0) is 40.1.